The van der Waals surface area contributed by atoms with E-state index in [1.807, 2.05) is 4.68 Å². The molecule has 0 amide bonds. The predicted molar refractivity (Wildman–Crippen MR) is 67.4 cm³/mol. The molecule has 0 radical (unpaired) electrons. The van der Waals surface area contributed by atoms with E-state index in [4.69, 9.17) is 0 Å². The molecule has 94 valence electrons. The Morgan fingerprint density at radius 3 is 3.06 bits per heavy atom. The Morgan fingerprint density at radius 1 is 1.50 bits per heavy atom. The summed E-state index contributed by atoms with van der Waals surface area (Å²) in [7, 11) is 0. The molecule has 2 aromatic rings. The first-order valence-corrected chi connectivity index (χ1v) is 6.07. The third-order valence-electron chi connectivity index (χ3n) is 3.17. The summed E-state index contributed by atoms with van der Waals surface area (Å²) in [4.78, 5) is 10.4. The second-order valence-corrected chi connectivity index (χ2v) is 4.60. The van der Waals surface area contributed by atoms with Crippen LogP contribution in [-0.4, -0.2) is 27.3 Å². The third kappa shape index (κ3) is 2.19. The summed E-state index contributed by atoms with van der Waals surface area (Å²) < 4.78 is 1.82. The quantitative estimate of drug-likeness (QED) is 0.643. The number of hydrogen-bond donors (Lipinski definition) is 1. The van der Waals surface area contributed by atoms with Crippen molar-refractivity contribution in [2.24, 2.45) is 0 Å². The van der Waals surface area contributed by atoms with Crippen molar-refractivity contribution in [3.8, 4) is 0 Å². The van der Waals surface area contributed by atoms with E-state index < -0.39 is 0 Å². The van der Waals surface area contributed by atoms with Crippen LogP contribution in [0.25, 0.3) is 10.9 Å². The number of non-ortho nitro benzene ring substituents is 1. The summed E-state index contributed by atoms with van der Waals surface area (Å²) in [6, 6.07) is 5.50. The highest BCUT2D eigenvalue weighted by Crippen LogP contribution is 2.21. The van der Waals surface area contributed by atoms with Gasteiger partial charge < -0.3 is 5.32 Å². The summed E-state index contributed by atoms with van der Waals surface area (Å²) in [6.07, 6.45) is 4.26. The van der Waals surface area contributed by atoms with Crippen LogP contribution in [0.2, 0.25) is 0 Å². The monoisotopic (exact) mass is 246 g/mol. The average Bonchev–Trinajstić information content (AvgIpc) is 3.09. The minimum absolute atomic E-state index is 0.111. The van der Waals surface area contributed by atoms with Gasteiger partial charge >= 0.3 is 0 Å². The van der Waals surface area contributed by atoms with E-state index >= 15 is 0 Å². The van der Waals surface area contributed by atoms with Crippen molar-refractivity contribution in [3.63, 3.8) is 0 Å². The first-order valence-electron chi connectivity index (χ1n) is 6.07. The van der Waals surface area contributed by atoms with Gasteiger partial charge in [0, 0.05) is 30.1 Å². The fraction of sp³-hybridized carbons (Fsp3) is 0.417. The summed E-state index contributed by atoms with van der Waals surface area (Å²) in [5.74, 6) is 0. The second kappa shape index (κ2) is 4.38. The summed E-state index contributed by atoms with van der Waals surface area (Å²) in [5, 5.41) is 19.4. The van der Waals surface area contributed by atoms with Crippen molar-refractivity contribution in [1.29, 1.82) is 0 Å². The van der Waals surface area contributed by atoms with Crippen LogP contribution in [0, 0.1) is 10.1 Å². The van der Waals surface area contributed by atoms with Gasteiger partial charge in [-0.1, -0.05) is 0 Å². The van der Waals surface area contributed by atoms with Gasteiger partial charge in [-0.3, -0.25) is 14.8 Å². The Labute approximate surface area is 104 Å². The first-order chi connectivity index (χ1) is 8.74. The van der Waals surface area contributed by atoms with E-state index in [0.29, 0.717) is 6.04 Å². The average molecular weight is 246 g/mol. The molecule has 6 heteroatoms. The molecule has 0 aliphatic heterocycles. The number of aromatic nitrogens is 2. The Bertz CT molecular complexity index is 589. The highest BCUT2D eigenvalue weighted by molar-refractivity contribution is 5.80. The van der Waals surface area contributed by atoms with Crippen molar-refractivity contribution in [1.82, 2.24) is 15.1 Å². The number of rotatable bonds is 5. The van der Waals surface area contributed by atoms with Crippen LogP contribution in [0.1, 0.15) is 12.8 Å². The molecule has 18 heavy (non-hydrogen) atoms. The van der Waals surface area contributed by atoms with Crippen LogP contribution in [0.15, 0.2) is 24.4 Å². The predicted octanol–water partition coefficient (Wildman–Crippen LogP) is 1.70. The van der Waals surface area contributed by atoms with E-state index in [1.165, 1.54) is 18.9 Å². The maximum Gasteiger partial charge on any atom is 0.271 e. The number of nitro groups is 1. The number of benzene rings is 1. The van der Waals surface area contributed by atoms with E-state index in [1.54, 1.807) is 18.3 Å². The molecule has 1 fully saturated rings. The van der Waals surface area contributed by atoms with Crippen molar-refractivity contribution in [3.05, 3.63) is 34.5 Å². The molecule has 0 saturated heterocycles. The highest BCUT2D eigenvalue weighted by atomic mass is 16.6. The van der Waals surface area contributed by atoms with Crippen LogP contribution < -0.4 is 5.32 Å². The lowest BCUT2D eigenvalue weighted by molar-refractivity contribution is -0.384. The van der Waals surface area contributed by atoms with Crippen LogP contribution in [0.3, 0.4) is 0 Å². The minimum atomic E-state index is -0.376. The van der Waals surface area contributed by atoms with Gasteiger partial charge in [-0.05, 0) is 18.9 Å². The number of hydrogen-bond acceptors (Lipinski definition) is 4. The fourth-order valence-corrected chi connectivity index (χ4v) is 2.01. The Kier molecular flexibility index (Phi) is 2.71. The van der Waals surface area contributed by atoms with Crippen molar-refractivity contribution < 1.29 is 4.92 Å². The van der Waals surface area contributed by atoms with Gasteiger partial charge in [-0.2, -0.15) is 5.10 Å². The molecule has 0 atom stereocenters. The van der Waals surface area contributed by atoms with Crippen LogP contribution in [0.5, 0.6) is 0 Å². The maximum atomic E-state index is 10.8. The summed E-state index contributed by atoms with van der Waals surface area (Å²) >= 11 is 0. The zero-order valence-corrected chi connectivity index (χ0v) is 9.87. The second-order valence-electron chi connectivity index (χ2n) is 4.60. The molecule has 1 aromatic carbocycles. The van der Waals surface area contributed by atoms with Gasteiger partial charge in [-0.25, -0.2) is 0 Å². The van der Waals surface area contributed by atoms with Gasteiger partial charge in [0.2, 0.25) is 0 Å². The molecule has 1 heterocycles. The van der Waals surface area contributed by atoms with Crippen molar-refractivity contribution in [2.75, 3.05) is 6.54 Å². The van der Waals surface area contributed by atoms with E-state index in [9.17, 15) is 10.1 Å². The largest absolute Gasteiger partial charge is 0.312 e. The lowest BCUT2D eigenvalue weighted by Gasteiger charge is -2.04. The molecule has 0 spiro atoms. The summed E-state index contributed by atoms with van der Waals surface area (Å²) in [6.45, 7) is 1.59. The standard InChI is InChI=1S/C12H14N4O2/c17-16(18)11-4-1-9-8-14-15(12(9)7-11)6-5-13-10-2-3-10/h1,4,7-8,10,13H,2-3,5-6H2. The van der Waals surface area contributed by atoms with Gasteiger partial charge in [-0.15, -0.1) is 0 Å². The zero-order chi connectivity index (χ0) is 12.5. The molecular weight excluding hydrogens is 232 g/mol. The van der Waals surface area contributed by atoms with Crippen LogP contribution in [-0.2, 0) is 6.54 Å². The molecule has 1 N–H and O–H groups in total. The first kappa shape index (κ1) is 11.2. The Balaban J connectivity index is 1.81. The number of nitro benzene ring substituents is 1. The Morgan fingerprint density at radius 2 is 2.33 bits per heavy atom. The molecule has 3 rings (SSSR count). The molecule has 0 bridgehead atoms. The third-order valence-corrected chi connectivity index (χ3v) is 3.17. The summed E-state index contributed by atoms with van der Waals surface area (Å²) in [5.41, 5.74) is 0.932. The molecule has 1 saturated carbocycles. The Hall–Kier alpha value is -1.95. The van der Waals surface area contributed by atoms with Crippen molar-refractivity contribution >= 4 is 16.6 Å². The van der Waals surface area contributed by atoms with Gasteiger partial charge in [0.1, 0.15) is 0 Å². The van der Waals surface area contributed by atoms with Gasteiger partial charge in [0.05, 0.1) is 23.2 Å². The molecule has 0 unspecified atom stereocenters. The number of fused-ring (bicyclic) bond motifs is 1. The highest BCUT2D eigenvalue weighted by Gasteiger charge is 2.19. The maximum absolute atomic E-state index is 10.8. The molecule has 1 aliphatic carbocycles. The number of nitrogens with zero attached hydrogens (tertiary/aromatic N) is 3. The lowest BCUT2D eigenvalue weighted by Crippen LogP contribution is -2.22. The molecule has 6 nitrogen and oxygen atoms in total. The van der Waals surface area contributed by atoms with E-state index in [0.717, 1.165) is 24.0 Å². The molecule has 1 aromatic heterocycles. The van der Waals surface area contributed by atoms with E-state index in [-0.39, 0.29) is 10.6 Å². The SMILES string of the molecule is O=[N+]([O-])c1ccc2cnn(CCNC3CC3)c2c1. The topological polar surface area (TPSA) is 73.0 Å². The smallest absolute Gasteiger partial charge is 0.271 e. The van der Waals surface area contributed by atoms with Crippen LogP contribution in [0.4, 0.5) is 5.69 Å². The molecular formula is C12H14N4O2. The normalized spacial score (nSPS) is 15.1. The van der Waals surface area contributed by atoms with Gasteiger partial charge in [0.25, 0.3) is 5.69 Å². The zero-order valence-electron chi connectivity index (χ0n) is 9.87. The minimum Gasteiger partial charge on any atom is -0.312 e. The van der Waals surface area contributed by atoms with Crippen LogP contribution >= 0.6 is 0 Å². The van der Waals surface area contributed by atoms with E-state index in [2.05, 4.69) is 10.4 Å². The lowest BCUT2D eigenvalue weighted by atomic mass is 10.2. The van der Waals surface area contributed by atoms with Gasteiger partial charge in [0.15, 0.2) is 0 Å². The fourth-order valence-electron chi connectivity index (χ4n) is 2.01. The number of nitrogens with one attached hydrogen (secondary N) is 1. The van der Waals surface area contributed by atoms with Crippen molar-refractivity contribution in [2.45, 2.75) is 25.4 Å². The molecule has 1 aliphatic rings.